The maximum atomic E-state index is 14.5. The molecule has 0 N–H and O–H groups in total. The molecule has 0 saturated heterocycles. The smallest absolute Gasteiger partial charge is 0.339 e. The highest BCUT2D eigenvalue weighted by molar-refractivity contribution is 6.74. The van der Waals surface area contributed by atoms with E-state index in [4.69, 9.17) is 23.4 Å². The number of fused-ring (bicyclic) bond motifs is 6. The molecule has 0 bridgehead atoms. The minimum absolute atomic E-state index is 0.0446. The number of methoxy groups -OCH3 is 2. The molecular formula is C50H68O7Si. The number of carbonyl (C=O) groups excluding carboxylic acids is 2. The molecule has 6 atom stereocenters. The lowest BCUT2D eigenvalue weighted by Crippen LogP contribution is -2.51. The van der Waals surface area contributed by atoms with Gasteiger partial charge in [0.05, 0.1) is 38.6 Å². The number of benzene rings is 3. The molecule has 8 heteroatoms. The molecule has 0 amide bonds. The van der Waals surface area contributed by atoms with Gasteiger partial charge in [0.1, 0.15) is 17.2 Å². The van der Waals surface area contributed by atoms with Crippen LogP contribution in [0.1, 0.15) is 143 Å². The molecule has 0 spiro atoms. The maximum Gasteiger partial charge on any atom is 0.339 e. The first-order chi connectivity index (χ1) is 27.3. The van der Waals surface area contributed by atoms with Crippen molar-refractivity contribution < 1.29 is 33.0 Å². The van der Waals surface area contributed by atoms with E-state index in [0.717, 1.165) is 75.7 Å². The van der Waals surface area contributed by atoms with Crippen LogP contribution in [0.15, 0.2) is 54.6 Å². The van der Waals surface area contributed by atoms with Crippen LogP contribution in [0, 0.1) is 22.7 Å². The van der Waals surface area contributed by atoms with Crippen molar-refractivity contribution in [2.75, 3.05) is 27.4 Å². The first-order valence-corrected chi connectivity index (χ1v) is 24.7. The number of aryl methyl sites for hydroxylation is 2. The molecule has 2 unspecified atom stereocenters. The second-order valence-electron chi connectivity index (χ2n) is 20.8. The molecule has 58 heavy (non-hydrogen) atoms. The summed E-state index contributed by atoms with van der Waals surface area (Å²) < 4.78 is 30.7. The Kier molecular flexibility index (Phi) is 11.2. The van der Waals surface area contributed by atoms with E-state index in [2.05, 4.69) is 98.0 Å². The molecule has 0 radical (unpaired) electrons. The predicted molar refractivity (Wildman–Crippen MR) is 233 cm³/mol. The van der Waals surface area contributed by atoms with Gasteiger partial charge in [-0.05, 0) is 157 Å². The number of carbonyl (C=O) groups is 2. The second kappa shape index (κ2) is 15.4. The summed E-state index contributed by atoms with van der Waals surface area (Å²) >= 11 is 0. The number of hydrogen-bond acceptors (Lipinski definition) is 7. The van der Waals surface area contributed by atoms with Gasteiger partial charge < -0.3 is 23.4 Å². The van der Waals surface area contributed by atoms with Crippen LogP contribution < -0.4 is 13.9 Å². The molecule has 314 valence electrons. The highest BCUT2D eigenvalue weighted by atomic mass is 28.4. The van der Waals surface area contributed by atoms with Crippen molar-refractivity contribution in [1.29, 1.82) is 0 Å². The van der Waals surface area contributed by atoms with Gasteiger partial charge in [-0.1, -0.05) is 73.4 Å². The summed E-state index contributed by atoms with van der Waals surface area (Å²) in [5, 5.41) is -0.0508. The third kappa shape index (κ3) is 7.49. The average Bonchev–Trinajstić information content (AvgIpc) is 3.18. The summed E-state index contributed by atoms with van der Waals surface area (Å²) in [6.45, 7) is 20.9. The van der Waals surface area contributed by atoms with Crippen molar-refractivity contribution in [2.45, 2.75) is 142 Å². The standard InChI is InChI=1S/C50H68O7Si/c1-46(2,3)58(10,11)57-37-20-21-38(44(51)55-31-47(4)24-12-26-49(6)40-29-35(53-8)18-14-33(40)16-22-42(47)49)39(28-37)45(52)56-32-48(5)25-13-27-50(7)41-30-36(54-9)19-15-34(41)17-23-43(48)50/h14-15,18-21,28-30,42-43H,12-13,16-17,22-27,31-32H2,1-11H3/t42?,43?,47-,48-,49-,50-/m1/s1. The van der Waals surface area contributed by atoms with Gasteiger partial charge in [0.25, 0.3) is 0 Å². The third-order valence-corrected chi connectivity index (χ3v) is 20.4. The van der Waals surface area contributed by atoms with Gasteiger partial charge in [0.15, 0.2) is 0 Å². The number of ether oxygens (including phenoxy) is 4. The Morgan fingerprint density at radius 1 is 0.638 bits per heavy atom. The fraction of sp³-hybridized carbons (Fsp3) is 0.600. The molecule has 3 aromatic rings. The van der Waals surface area contributed by atoms with Gasteiger partial charge in [0, 0.05) is 10.8 Å². The summed E-state index contributed by atoms with van der Waals surface area (Å²) in [7, 11) is 1.20. The summed E-state index contributed by atoms with van der Waals surface area (Å²) in [5.74, 6) is 2.01. The number of hydrogen-bond donors (Lipinski definition) is 0. The van der Waals surface area contributed by atoms with E-state index in [9.17, 15) is 9.59 Å². The first kappa shape index (κ1) is 42.3. The highest BCUT2D eigenvalue weighted by Crippen LogP contribution is 2.59. The van der Waals surface area contributed by atoms with Crippen LogP contribution >= 0.6 is 0 Å². The van der Waals surface area contributed by atoms with Crippen LogP contribution in [0.5, 0.6) is 17.2 Å². The maximum absolute atomic E-state index is 14.5. The Balaban J connectivity index is 1.14. The lowest BCUT2D eigenvalue weighted by molar-refractivity contribution is -0.0347. The van der Waals surface area contributed by atoms with Gasteiger partial charge in [-0.25, -0.2) is 9.59 Å². The zero-order chi connectivity index (χ0) is 41.9. The van der Waals surface area contributed by atoms with E-state index in [-0.39, 0.29) is 51.0 Å². The second-order valence-corrected chi connectivity index (χ2v) is 25.5. The van der Waals surface area contributed by atoms with Crippen LogP contribution in [0.3, 0.4) is 0 Å². The van der Waals surface area contributed by atoms with E-state index < -0.39 is 20.3 Å². The zero-order valence-electron chi connectivity index (χ0n) is 37.2. The minimum atomic E-state index is -2.26. The van der Waals surface area contributed by atoms with Crippen LogP contribution in [-0.2, 0) is 33.1 Å². The Bertz CT molecular complexity index is 2050. The number of rotatable bonds is 10. The summed E-state index contributed by atoms with van der Waals surface area (Å²) in [5.41, 5.74) is 5.40. The molecule has 0 heterocycles. The monoisotopic (exact) mass is 808 g/mol. The molecular weight excluding hydrogens is 741 g/mol. The molecule has 7 rings (SSSR count). The first-order valence-electron chi connectivity index (χ1n) is 21.8. The molecule has 4 aliphatic carbocycles. The van der Waals surface area contributed by atoms with Gasteiger partial charge in [0.2, 0.25) is 8.32 Å². The Morgan fingerprint density at radius 2 is 1.09 bits per heavy atom. The van der Waals surface area contributed by atoms with Crippen molar-refractivity contribution in [3.05, 3.63) is 88.0 Å². The quantitative estimate of drug-likeness (QED) is 0.149. The van der Waals surface area contributed by atoms with Gasteiger partial charge >= 0.3 is 11.9 Å². The van der Waals surface area contributed by atoms with Gasteiger partial charge in [-0.3, -0.25) is 0 Å². The topological polar surface area (TPSA) is 80.3 Å². The average molecular weight is 809 g/mol. The van der Waals surface area contributed by atoms with Gasteiger partial charge in [-0.15, -0.1) is 0 Å². The summed E-state index contributed by atoms with van der Waals surface area (Å²) in [4.78, 5) is 28.8. The molecule has 0 aliphatic heterocycles. The third-order valence-electron chi connectivity index (χ3n) is 16.1. The minimum Gasteiger partial charge on any atom is -0.543 e. The van der Waals surface area contributed by atoms with E-state index in [0.29, 0.717) is 17.6 Å². The highest BCUT2D eigenvalue weighted by Gasteiger charge is 2.54. The molecule has 3 aromatic carbocycles. The zero-order valence-corrected chi connectivity index (χ0v) is 38.2. The van der Waals surface area contributed by atoms with Crippen molar-refractivity contribution in [2.24, 2.45) is 22.7 Å². The van der Waals surface area contributed by atoms with Crippen LogP contribution in [-0.4, -0.2) is 47.7 Å². The van der Waals surface area contributed by atoms with Crippen LogP contribution in [0.4, 0.5) is 0 Å². The van der Waals surface area contributed by atoms with Crippen molar-refractivity contribution >= 4 is 20.3 Å². The normalized spacial score (nSPS) is 29.2. The lowest BCUT2D eigenvalue weighted by atomic mass is 9.50. The lowest BCUT2D eigenvalue weighted by Gasteiger charge is -2.55. The summed E-state index contributed by atoms with van der Waals surface area (Å²) in [6, 6.07) is 18.3. The Morgan fingerprint density at radius 3 is 1.53 bits per heavy atom. The van der Waals surface area contributed by atoms with Crippen molar-refractivity contribution in [3.8, 4) is 17.2 Å². The molecule has 2 fully saturated rings. The van der Waals surface area contributed by atoms with E-state index in [1.54, 1.807) is 26.4 Å². The van der Waals surface area contributed by atoms with E-state index >= 15 is 0 Å². The molecule has 0 aromatic heterocycles. The van der Waals surface area contributed by atoms with E-state index in [1.165, 1.54) is 22.3 Å². The van der Waals surface area contributed by atoms with Gasteiger partial charge in [-0.2, -0.15) is 0 Å². The largest absolute Gasteiger partial charge is 0.543 e. The molecule has 4 aliphatic rings. The molecule has 2 saturated carbocycles. The fourth-order valence-corrected chi connectivity index (χ4v) is 12.8. The van der Waals surface area contributed by atoms with Crippen LogP contribution in [0.2, 0.25) is 18.1 Å². The predicted octanol–water partition coefficient (Wildman–Crippen LogP) is 11.8. The Labute approximate surface area is 349 Å². The van der Waals surface area contributed by atoms with E-state index in [1.807, 2.05) is 6.07 Å². The SMILES string of the molecule is COc1ccc2c(c1)[C@@]1(C)CCC[C@](C)(COC(=O)c3ccc(O[Si](C)(C)C(C)(C)C)cc3C(=O)OC[C@@]3(C)CCC[C@]4(C)c5cc(OC)ccc5CCC34)C1CC2. The Hall–Kier alpha value is -3.78. The van der Waals surface area contributed by atoms with Crippen LogP contribution in [0.25, 0.3) is 0 Å². The van der Waals surface area contributed by atoms with Crippen molar-refractivity contribution in [3.63, 3.8) is 0 Å². The molecule has 7 nitrogen and oxygen atoms in total. The number of esters is 2. The fourth-order valence-electron chi connectivity index (χ4n) is 11.7. The summed E-state index contributed by atoms with van der Waals surface area (Å²) in [6.07, 6.45) is 10.3. The van der Waals surface area contributed by atoms with Crippen molar-refractivity contribution in [1.82, 2.24) is 0 Å².